The Balaban J connectivity index is 1.89. The summed E-state index contributed by atoms with van der Waals surface area (Å²) in [5, 5.41) is 16.0. The maximum absolute atomic E-state index is 12.9. The van der Waals surface area contributed by atoms with Gasteiger partial charge in [0.05, 0.1) is 5.01 Å². The third kappa shape index (κ3) is 3.27. The van der Waals surface area contributed by atoms with Crippen LogP contribution in [0.4, 0.5) is 4.39 Å². The molecule has 2 rings (SSSR count). The summed E-state index contributed by atoms with van der Waals surface area (Å²) in [6.07, 6.45) is 2.64. The fourth-order valence-electron chi connectivity index (χ4n) is 1.76. The first-order chi connectivity index (χ1) is 8.66. The second-order valence-corrected chi connectivity index (χ2v) is 5.03. The van der Waals surface area contributed by atoms with Crippen LogP contribution in [0, 0.1) is 5.82 Å². The summed E-state index contributed by atoms with van der Waals surface area (Å²) in [4.78, 5) is 4.19. The van der Waals surface area contributed by atoms with Crippen LogP contribution in [0.5, 0.6) is 5.75 Å². The van der Waals surface area contributed by atoms with Crippen LogP contribution in [-0.2, 0) is 6.42 Å². The van der Waals surface area contributed by atoms with Crippen molar-refractivity contribution in [3.63, 3.8) is 0 Å². The van der Waals surface area contributed by atoms with Crippen LogP contribution < -0.4 is 5.32 Å². The Morgan fingerprint density at radius 3 is 3.00 bits per heavy atom. The number of hydrogen-bond donors (Lipinski definition) is 2. The lowest BCUT2D eigenvalue weighted by molar-refractivity contribution is 0.447. The number of nitrogens with one attached hydrogen (secondary N) is 1. The third-order valence-corrected chi connectivity index (χ3v) is 3.57. The van der Waals surface area contributed by atoms with Gasteiger partial charge in [0.1, 0.15) is 11.6 Å². The molecule has 5 heteroatoms. The largest absolute Gasteiger partial charge is 0.508 e. The zero-order valence-corrected chi connectivity index (χ0v) is 10.9. The molecule has 0 amide bonds. The number of thiazole rings is 1. The van der Waals surface area contributed by atoms with Crippen LogP contribution in [-0.4, -0.2) is 16.6 Å². The minimum Gasteiger partial charge on any atom is -0.508 e. The van der Waals surface area contributed by atoms with Crippen LogP contribution in [0.1, 0.15) is 23.5 Å². The van der Waals surface area contributed by atoms with Crippen molar-refractivity contribution in [1.29, 1.82) is 0 Å². The first-order valence-corrected chi connectivity index (χ1v) is 6.65. The van der Waals surface area contributed by atoms with Gasteiger partial charge in [-0.1, -0.05) is 6.07 Å². The summed E-state index contributed by atoms with van der Waals surface area (Å²) >= 11 is 1.63. The summed E-state index contributed by atoms with van der Waals surface area (Å²) in [5.74, 6) is -0.435. The van der Waals surface area contributed by atoms with Crippen molar-refractivity contribution in [2.45, 2.75) is 19.4 Å². The molecule has 0 bridgehead atoms. The number of phenols is 1. The van der Waals surface area contributed by atoms with Gasteiger partial charge in [-0.2, -0.15) is 0 Å². The SMILES string of the molecule is CC(NCCc1nccs1)c1ccc(F)cc1O. The normalized spacial score (nSPS) is 12.6. The highest BCUT2D eigenvalue weighted by molar-refractivity contribution is 7.09. The molecule has 1 atom stereocenters. The Kier molecular flexibility index (Phi) is 4.28. The zero-order chi connectivity index (χ0) is 13.0. The number of phenolic OH excluding ortho intramolecular Hbond substituents is 1. The molecule has 3 nitrogen and oxygen atoms in total. The van der Waals surface area contributed by atoms with E-state index in [2.05, 4.69) is 10.3 Å². The van der Waals surface area contributed by atoms with E-state index in [0.717, 1.165) is 24.0 Å². The number of aromatic hydroxyl groups is 1. The number of hydrogen-bond acceptors (Lipinski definition) is 4. The maximum Gasteiger partial charge on any atom is 0.126 e. The van der Waals surface area contributed by atoms with E-state index in [4.69, 9.17) is 0 Å². The van der Waals surface area contributed by atoms with Gasteiger partial charge in [0.2, 0.25) is 0 Å². The first kappa shape index (κ1) is 13.0. The molecule has 0 aliphatic carbocycles. The van der Waals surface area contributed by atoms with Gasteiger partial charge < -0.3 is 10.4 Å². The Morgan fingerprint density at radius 2 is 2.33 bits per heavy atom. The quantitative estimate of drug-likeness (QED) is 0.874. The summed E-state index contributed by atoms with van der Waals surface area (Å²) in [6.45, 7) is 2.71. The number of halogens is 1. The number of nitrogens with zero attached hydrogens (tertiary/aromatic N) is 1. The van der Waals surface area contributed by atoms with Crippen LogP contribution in [0.3, 0.4) is 0 Å². The van der Waals surface area contributed by atoms with Crippen LogP contribution in [0.15, 0.2) is 29.8 Å². The zero-order valence-electron chi connectivity index (χ0n) is 10.1. The summed E-state index contributed by atoms with van der Waals surface area (Å²) < 4.78 is 12.9. The van der Waals surface area contributed by atoms with Gasteiger partial charge in [-0.15, -0.1) is 11.3 Å². The van der Waals surface area contributed by atoms with E-state index in [-0.39, 0.29) is 11.8 Å². The van der Waals surface area contributed by atoms with E-state index >= 15 is 0 Å². The average molecular weight is 266 g/mol. The highest BCUT2D eigenvalue weighted by Gasteiger charge is 2.10. The molecule has 2 N–H and O–H groups in total. The van der Waals surface area contributed by atoms with Crippen molar-refractivity contribution in [2.24, 2.45) is 0 Å². The molecule has 2 aromatic rings. The van der Waals surface area contributed by atoms with E-state index < -0.39 is 5.82 Å². The molecule has 0 fully saturated rings. The fourth-order valence-corrected chi connectivity index (χ4v) is 2.39. The van der Waals surface area contributed by atoms with E-state index in [1.54, 1.807) is 23.6 Å². The lowest BCUT2D eigenvalue weighted by atomic mass is 10.1. The minimum atomic E-state index is -0.425. The molecule has 1 unspecified atom stereocenters. The fraction of sp³-hybridized carbons (Fsp3) is 0.308. The van der Waals surface area contributed by atoms with Gasteiger partial charge in [-0.3, -0.25) is 0 Å². The lowest BCUT2D eigenvalue weighted by Crippen LogP contribution is -2.21. The summed E-state index contributed by atoms with van der Waals surface area (Å²) in [6, 6.07) is 4.07. The van der Waals surface area contributed by atoms with Gasteiger partial charge in [-0.25, -0.2) is 9.37 Å². The molecule has 0 saturated carbocycles. The molecule has 1 aromatic carbocycles. The van der Waals surface area contributed by atoms with E-state index in [1.807, 2.05) is 12.3 Å². The number of rotatable bonds is 5. The minimum absolute atomic E-state index is 0.00995. The molecule has 0 aliphatic heterocycles. The molecule has 0 radical (unpaired) electrons. The summed E-state index contributed by atoms with van der Waals surface area (Å²) in [7, 11) is 0. The second-order valence-electron chi connectivity index (χ2n) is 4.05. The molecule has 18 heavy (non-hydrogen) atoms. The molecular formula is C13H15FN2OS. The Bertz CT molecular complexity index is 502. The highest BCUT2D eigenvalue weighted by atomic mass is 32.1. The third-order valence-electron chi connectivity index (χ3n) is 2.73. The summed E-state index contributed by atoms with van der Waals surface area (Å²) in [5.41, 5.74) is 0.704. The number of benzene rings is 1. The lowest BCUT2D eigenvalue weighted by Gasteiger charge is -2.15. The van der Waals surface area contributed by atoms with Gasteiger partial charge in [-0.05, 0) is 13.0 Å². The topological polar surface area (TPSA) is 45.2 Å². The van der Waals surface area contributed by atoms with Crippen molar-refractivity contribution >= 4 is 11.3 Å². The van der Waals surface area contributed by atoms with Crippen LogP contribution in [0.25, 0.3) is 0 Å². The Hall–Kier alpha value is -1.46. The first-order valence-electron chi connectivity index (χ1n) is 5.77. The molecule has 1 heterocycles. The molecule has 1 aromatic heterocycles. The second kappa shape index (κ2) is 5.93. The average Bonchev–Trinajstić information content (AvgIpc) is 2.81. The molecule has 0 aliphatic rings. The predicted octanol–water partition coefficient (Wildman–Crippen LogP) is 2.88. The van der Waals surface area contributed by atoms with E-state index in [9.17, 15) is 9.50 Å². The number of aromatic nitrogens is 1. The monoisotopic (exact) mass is 266 g/mol. The van der Waals surface area contributed by atoms with Gasteiger partial charge in [0.15, 0.2) is 0 Å². The Labute approximate surface area is 109 Å². The van der Waals surface area contributed by atoms with Crippen molar-refractivity contribution in [2.75, 3.05) is 6.54 Å². The predicted molar refractivity (Wildman–Crippen MR) is 70.3 cm³/mol. The van der Waals surface area contributed by atoms with Crippen molar-refractivity contribution < 1.29 is 9.50 Å². The van der Waals surface area contributed by atoms with Gasteiger partial charge in [0, 0.05) is 42.2 Å². The molecule has 96 valence electrons. The van der Waals surface area contributed by atoms with Crippen molar-refractivity contribution in [3.05, 3.63) is 46.2 Å². The van der Waals surface area contributed by atoms with Crippen LogP contribution in [0.2, 0.25) is 0 Å². The van der Waals surface area contributed by atoms with E-state index in [1.165, 1.54) is 6.07 Å². The van der Waals surface area contributed by atoms with Gasteiger partial charge >= 0.3 is 0 Å². The van der Waals surface area contributed by atoms with E-state index in [0.29, 0.717) is 5.56 Å². The highest BCUT2D eigenvalue weighted by Crippen LogP contribution is 2.24. The molecular weight excluding hydrogens is 251 g/mol. The smallest absolute Gasteiger partial charge is 0.126 e. The van der Waals surface area contributed by atoms with Crippen molar-refractivity contribution in [1.82, 2.24) is 10.3 Å². The molecule has 0 saturated heterocycles. The van der Waals surface area contributed by atoms with Crippen LogP contribution >= 0.6 is 11.3 Å². The van der Waals surface area contributed by atoms with Crippen molar-refractivity contribution in [3.8, 4) is 5.75 Å². The maximum atomic E-state index is 12.9. The Morgan fingerprint density at radius 1 is 1.50 bits per heavy atom. The molecule has 0 spiro atoms. The van der Waals surface area contributed by atoms with Gasteiger partial charge in [0.25, 0.3) is 0 Å². The standard InChI is InChI=1S/C13H15FN2OS/c1-9(11-3-2-10(14)8-12(11)17)15-5-4-13-16-6-7-18-13/h2-3,6-9,15,17H,4-5H2,1H3.